The molecule has 1 aromatic rings. The quantitative estimate of drug-likeness (QED) is 0.302. The number of ether oxygens (including phenoxy) is 1. The molecule has 1 rings (SSSR count). The second-order valence-electron chi connectivity index (χ2n) is 4.79. The lowest BCUT2D eigenvalue weighted by molar-refractivity contribution is 0.0236. The van der Waals surface area contributed by atoms with Gasteiger partial charge in [0.25, 0.3) is 5.08 Å². The van der Waals surface area contributed by atoms with Crippen molar-refractivity contribution in [2.24, 2.45) is 0 Å². The lowest BCUT2D eigenvalue weighted by Crippen LogP contribution is -2.34. The highest BCUT2D eigenvalue weighted by atomic mass is 31.2. The number of aryl methyl sites for hydroxylation is 2. The Morgan fingerprint density at radius 2 is 1.82 bits per heavy atom. The standard InChI is InChI=1S/C10H20N2O8P2/c1-9-11-4-6-12(9)5-2-3-7-20-8-10(13,21(14,15)16)22(17,18)19/h4,6,13H,2-3,5,7-8H2,1H3,(H2,14,15,16)(H2,17,18,19). The topological polar surface area (TPSA) is 162 Å². The van der Waals surface area contributed by atoms with Crippen LogP contribution >= 0.6 is 15.2 Å². The van der Waals surface area contributed by atoms with Crippen molar-refractivity contribution in [1.82, 2.24) is 9.55 Å². The SMILES string of the molecule is Cc1nccn1CCCCOCC(O)(P(=O)(O)O)P(=O)(O)O. The summed E-state index contributed by atoms with van der Waals surface area (Å²) in [6.45, 7) is 1.36. The van der Waals surface area contributed by atoms with E-state index in [4.69, 9.17) is 24.3 Å². The predicted molar refractivity (Wildman–Crippen MR) is 76.1 cm³/mol. The number of aliphatic hydroxyl groups is 1. The fourth-order valence-corrected chi connectivity index (χ4v) is 3.55. The molecule has 0 amide bonds. The zero-order valence-corrected chi connectivity index (χ0v) is 13.7. The molecular weight excluding hydrogens is 338 g/mol. The molecule has 0 spiro atoms. The van der Waals surface area contributed by atoms with Crippen LogP contribution in [0.15, 0.2) is 12.4 Å². The maximum atomic E-state index is 11.1. The highest BCUT2D eigenvalue weighted by Gasteiger charge is 2.59. The van der Waals surface area contributed by atoms with Crippen molar-refractivity contribution in [2.45, 2.75) is 31.4 Å². The zero-order chi connectivity index (χ0) is 17.0. The molecule has 0 saturated carbocycles. The van der Waals surface area contributed by atoms with Gasteiger partial charge < -0.3 is 34.0 Å². The Kier molecular flexibility index (Phi) is 6.49. The predicted octanol–water partition coefficient (Wildman–Crippen LogP) is -0.0102. The van der Waals surface area contributed by atoms with Gasteiger partial charge in [0.05, 0.1) is 6.61 Å². The van der Waals surface area contributed by atoms with Crippen LogP contribution in [0.25, 0.3) is 0 Å². The van der Waals surface area contributed by atoms with Crippen LogP contribution in [0.3, 0.4) is 0 Å². The van der Waals surface area contributed by atoms with Gasteiger partial charge in [-0.1, -0.05) is 0 Å². The highest BCUT2D eigenvalue weighted by Crippen LogP contribution is 2.67. The molecule has 0 bridgehead atoms. The molecule has 22 heavy (non-hydrogen) atoms. The Balaban J connectivity index is 2.40. The van der Waals surface area contributed by atoms with Crippen molar-refractivity contribution in [3.63, 3.8) is 0 Å². The maximum absolute atomic E-state index is 11.1. The van der Waals surface area contributed by atoms with Crippen LogP contribution in [-0.2, 0) is 20.4 Å². The first-order valence-corrected chi connectivity index (χ1v) is 9.60. The minimum absolute atomic E-state index is 0.00391. The number of hydrogen-bond donors (Lipinski definition) is 5. The summed E-state index contributed by atoms with van der Waals surface area (Å²) in [5.41, 5.74) is 0. The molecule has 1 aromatic heterocycles. The molecule has 0 fully saturated rings. The molecule has 0 atom stereocenters. The van der Waals surface area contributed by atoms with Crippen molar-refractivity contribution in [1.29, 1.82) is 0 Å². The van der Waals surface area contributed by atoms with E-state index in [0.29, 0.717) is 19.4 Å². The van der Waals surface area contributed by atoms with Crippen molar-refractivity contribution >= 4 is 15.2 Å². The summed E-state index contributed by atoms with van der Waals surface area (Å²) >= 11 is 0. The van der Waals surface area contributed by atoms with Gasteiger partial charge in [0.15, 0.2) is 0 Å². The van der Waals surface area contributed by atoms with E-state index in [2.05, 4.69) is 4.98 Å². The molecule has 0 unspecified atom stereocenters. The first kappa shape index (κ1) is 19.5. The van der Waals surface area contributed by atoms with Crippen LogP contribution in [0, 0.1) is 6.92 Å². The number of hydrogen-bond acceptors (Lipinski definition) is 5. The molecular formula is C10H20N2O8P2. The molecule has 12 heteroatoms. The summed E-state index contributed by atoms with van der Waals surface area (Å²) in [5, 5.41) is 6.05. The summed E-state index contributed by atoms with van der Waals surface area (Å²) in [7, 11) is -10.9. The smallest absolute Gasteiger partial charge is 0.371 e. The van der Waals surface area contributed by atoms with Gasteiger partial charge >= 0.3 is 15.2 Å². The van der Waals surface area contributed by atoms with Crippen molar-refractivity contribution in [3.05, 3.63) is 18.2 Å². The molecule has 0 saturated heterocycles. The van der Waals surface area contributed by atoms with E-state index in [1.807, 2.05) is 11.5 Å². The number of aromatic nitrogens is 2. The fraction of sp³-hybridized carbons (Fsp3) is 0.700. The van der Waals surface area contributed by atoms with E-state index in [0.717, 1.165) is 5.82 Å². The highest BCUT2D eigenvalue weighted by molar-refractivity contribution is 7.72. The summed E-state index contributed by atoms with van der Waals surface area (Å²) in [6, 6.07) is 0. The Labute approximate surface area is 127 Å². The van der Waals surface area contributed by atoms with E-state index in [1.54, 1.807) is 12.4 Å². The van der Waals surface area contributed by atoms with Crippen LogP contribution in [-0.4, -0.2) is 52.5 Å². The Morgan fingerprint density at radius 3 is 2.27 bits per heavy atom. The number of unbranched alkanes of at least 4 members (excludes halogenated alkanes) is 1. The van der Waals surface area contributed by atoms with Crippen LogP contribution in [0.4, 0.5) is 0 Å². The van der Waals surface area contributed by atoms with E-state index in [-0.39, 0.29) is 6.61 Å². The van der Waals surface area contributed by atoms with Gasteiger partial charge in [-0.25, -0.2) is 4.98 Å². The maximum Gasteiger partial charge on any atom is 0.371 e. The number of imidazole rings is 1. The minimum Gasteiger partial charge on any atom is -0.377 e. The van der Waals surface area contributed by atoms with Gasteiger partial charge in [-0.05, 0) is 19.8 Å². The van der Waals surface area contributed by atoms with E-state index < -0.39 is 26.9 Å². The molecule has 0 aliphatic rings. The lowest BCUT2D eigenvalue weighted by Gasteiger charge is -2.28. The van der Waals surface area contributed by atoms with Gasteiger partial charge in [-0.2, -0.15) is 0 Å². The zero-order valence-electron chi connectivity index (χ0n) is 11.9. The summed E-state index contributed by atoms with van der Waals surface area (Å²) in [4.78, 5) is 39.7. The van der Waals surface area contributed by atoms with Gasteiger partial charge in [0, 0.05) is 25.5 Å². The molecule has 1 heterocycles. The van der Waals surface area contributed by atoms with Crippen LogP contribution in [0.2, 0.25) is 0 Å². The number of rotatable bonds is 9. The van der Waals surface area contributed by atoms with E-state index in [9.17, 15) is 14.2 Å². The van der Waals surface area contributed by atoms with E-state index in [1.165, 1.54) is 0 Å². The van der Waals surface area contributed by atoms with Gasteiger partial charge in [0.2, 0.25) is 0 Å². The van der Waals surface area contributed by atoms with Crippen LogP contribution in [0.1, 0.15) is 18.7 Å². The molecule has 0 aliphatic heterocycles. The van der Waals surface area contributed by atoms with Crippen molar-refractivity contribution < 1.29 is 38.5 Å². The third-order valence-corrected chi connectivity index (χ3v) is 6.78. The molecule has 10 nitrogen and oxygen atoms in total. The summed E-state index contributed by atoms with van der Waals surface area (Å²) in [6.07, 6.45) is 4.61. The molecule has 5 N–H and O–H groups in total. The Bertz CT molecular complexity index is 555. The normalized spacial score (nSPS) is 13.5. The monoisotopic (exact) mass is 358 g/mol. The molecule has 128 valence electrons. The average Bonchev–Trinajstić information content (AvgIpc) is 2.76. The third kappa shape index (κ3) is 4.71. The van der Waals surface area contributed by atoms with Gasteiger partial charge in [-0.15, -0.1) is 0 Å². The fourth-order valence-electron chi connectivity index (χ4n) is 1.67. The van der Waals surface area contributed by atoms with Gasteiger partial charge in [0.1, 0.15) is 5.82 Å². The minimum atomic E-state index is -5.46. The van der Waals surface area contributed by atoms with Crippen molar-refractivity contribution in [2.75, 3.05) is 13.2 Å². The third-order valence-electron chi connectivity index (χ3n) is 3.09. The van der Waals surface area contributed by atoms with Crippen LogP contribution in [0.5, 0.6) is 0 Å². The Morgan fingerprint density at radius 1 is 1.23 bits per heavy atom. The first-order valence-electron chi connectivity index (χ1n) is 6.38. The Hall–Kier alpha value is -0.570. The summed E-state index contributed by atoms with van der Waals surface area (Å²) in [5.74, 6) is 0.846. The second kappa shape index (κ2) is 7.33. The lowest BCUT2D eigenvalue weighted by atomic mass is 10.3. The first-order chi connectivity index (χ1) is 9.99. The molecule has 0 aromatic carbocycles. The summed E-state index contributed by atoms with van der Waals surface area (Å²) < 4.78 is 28.9. The number of nitrogens with zero attached hydrogens (tertiary/aromatic N) is 2. The average molecular weight is 358 g/mol. The van der Waals surface area contributed by atoms with E-state index >= 15 is 0 Å². The van der Waals surface area contributed by atoms with Crippen LogP contribution < -0.4 is 0 Å². The molecule has 0 radical (unpaired) electrons. The second-order valence-corrected chi connectivity index (χ2v) is 8.80. The van der Waals surface area contributed by atoms with Gasteiger partial charge in [-0.3, -0.25) is 9.13 Å². The van der Waals surface area contributed by atoms with Crippen molar-refractivity contribution in [3.8, 4) is 0 Å². The molecule has 0 aliphatic carbocycles. The largest absolute Gasteiger partial charge is 0.377 e.